The van der Waals surface area contributed by atoms with Gasteiger partial charge in [0.25, 0.3) is 0 Å². The van der Waals surface area contributed by atoms with Gasteiger partial charge >= 0.3 is 11.9 Å². The molecule has 0 fully saturated rings. The maximum Gasteiger partial charge on any atom is 0.344 e. The van der Waals surface area contributed by atoms with Gasteiger partial charge in [-0.05, 0) is 18.9 Å². The third-order valence-corrected chi connectivity index (χ3v) is 2.94. The average molecular weight is 290 g/mol. The van der Waals surface area contributed by atoms with E-state index in [1.807, 2.05) is 13.8 Å². The van der Waals surface area contributed by atoms with E-state index in [1.54, 1.807) is 0 Å². The van der Waals surface area contributed by atoms with Gasteiger partial charge in [0.15, 0.2) is 6.10 Å². The molecule has 0 aliphatic heterocycles. The second kappa shape index (κ2) is 9.61. The first-order chi connectivity index (χ1) is 9.39. The van der Waals surface area contributed by atoms with E-state index in [1.165, 1.54) is 0 Å². The zero-order valence-corrected chi connectivity index (χ0v) is 12.3. The van der Waals surface area contributed by atoms with Gasteiger partial charge < -0.3 is 4.74 Å². The molecule has 20 heavy (non-hydrogen) atoms. The lowest BCUT2D eigenvalue weighted by Gasteiger charge is -2.23. The van der Waals surface area contributed by atoms with Crippen molar-refractivity contribution in [2.75, 3.05) is 0 Å². The van der Waals surface area contributed by atoms with Gasteiger partial charge in [0.1, 0.15) is 0 Å². The van der Waals surface area contributed by atoms with Crippen molar-refractivity contribution in [3.63, 3.8) is 0 Å². The summed E-state index contributed by atoms with van der Waals surface area (Å²) < 4.78 is 32.5. The van der Waals surface area contributed by atoms with Crippen molar-refractivity contribution in [3.8, 4) is 0 Å². The lowest BCUT2D eigenvalue weighted by Crippen LogP contribution is -2.43. The molecule has 0 aromatic carbocycles. The van der Waals surface area contributed by atoms with Gasteiger partial charge in [-0.15, -0.1) is 0 Å². The molecule has 0 spiro atoms. The Morgan fingerprint density at radius 2 is 1.75 bits per heavy atom. The zero-order valence-electron chi connectivity index (χ0n) is 12.3. The molecule has 0 aromatic rings. The van der Waals surface area contributed by atoms with E-state index >= 15 is 0 Å². The molecule has 0 aliphatic rings. The summed E-state index contributed by atoms with van der Waals surface area (Å²) in [6.07, 6.45) is 2.12. The molecule has 0 amide bonds. The minimum absolute atomic E-state index is 0.0704. The topological polar surface area (TPSA) is 43.4 Å². The summed E-state index contributed by atoms with van der Waals surface area (Å²) in [5.74, 6) is -5.62. The number of ketones is 1. The van der Waals surface area contributed by atoms with Crippen LogP contribution in [0, 0.1) is 0 Å². The van der Waals surface area contributed by atoms with Crippen LogP contribution in [0.15, 0.2) is 12.7 Å². The molecule has 0 saturated carbocycles. The van der Waals surface area contributed by atoms with Crippen LogP contribution in [0.2, 0.25) is 0 Å². The summed E-state index contributed by atoms with van der Waals surface area (Å²) >= 11 is 0. The van der Waals surface area contributed by atoms with E-state index in [0.29, 0.717) is 12.8 Å². The average Bonchev–Trinajstić information content (AvgIpc) is 2.42. The van der Waals surface area contributed by atoms with Crippen LogP contribution in [0.5, 0.6) is 0 Å². The molecule has 0 N–H and O–H groups in total. The Morgan fingerprint density at radius 3 is 2.25 bits per heavy atom. The van der Waals surface area contributed by atoms with E-state index < -0.39 is 23.8 Å². The van der Waals surface area contributed by atoms with Crippen LogP contribution in [-0.2, 0) is 14.3 Å². The molecule has 0 radical (unpaired) electrons. The number of esters is 1. The number of ether oxygens (including phenoxy) is 1. The lowest BCUT2D eigenvalue weighted by atomic mass is 10.0. The SMILES string of the molecule is C=CC(OC(=O)CCCC)C(F)(F)C(=O)CCCCC. The molecular formula is C15H24F2O3. The fraction of sp³-hybridized carbons (Fsp3) is 0.733. The zero-order chi connectivity index (χ0) is 15.6. The van der Waals surface area contributed by atoms with Crippen LogP contribution < -0.4 is 0 Å². The third-order valence-electron chi connectivity index (χ3n) is 2.94. The summed E-state index contributed by atoms with van der Waals surface area (Å²) in [5, 5.41) is 0. The van der Waals surface area contributed by atoms with Gasteiger partial charge in [0, 0.05) is 12.8 Å². The molecule has 0 rings (SSSR count). The molecule has 0 heterocycles. The monoisotopic (exact) mass is 290 g/mol. The second-order valence-electron chi connectivity index (χ2n) is 4.75. The summed E-state index contributed by atoms with van der Waals surface area (Å²) in [6.45, 7) is 7.03. The maximum absolute atomic E-state index is 13.9. The lowest BCUT2D eigenvalue weighted by molar-refractivity contribution is -0.173. The molecule has 116 valence electrons. The molecule has 0 saturated heterocycles. The number of carbonyl (C=O) groups is 2. The first kappa shape index (κ1) is 18.7. The molecule has 0 bridgehead atoms. The number of hydrogen-bond acceptors (Lipinski definition) is 3. The Bertz CT molecular complexity index is 327. The van der Waals surface area contributed by atoms with Gasteiger partial charge in [0.05, 0.1) is 0 Å². The third kappa shape index (κ3) is 6.26. The van der Waals surface area contributed by atoms with Crippen LogP contribution in [0.4, 0.5) is 8.78 Å². The van der Waals surface area contributed by atoms with Crippen molar-refractivity contribution in [2.24, 2.45) is 0 Å². The standard InChI is InChI=1S/C15H24F2O3/c1-4-7-9-10-12(18)15(16,17)13(6-3)20-14(19)11-8-5-2/h6,13H,3-5,7-11H2,1-2H3. The number of carbonyl (C=O) groups excluding carboxylic acids is 2. The predicted octanol–water partition coefficient (Wildman–Crippen LogP) is 4.06. The Hall–Kier alpha value is -1.26. The molecule has 5 heteroatoms. The van der Waals surface area contributed by atoms with Gasteiger partial charge in [-0.2, -0.15) is 8.78 Å². The highest BCUT2D eigenvalue weighted by atomic mass is 19.3. The van der Waals surface area contributed by atoms with Gasteiger partial charge in [-0.25, -0.2) is 0 Å². The number of unbranched alkanes of at least 4 members (excludes halogenated alkanes) is 3. The van der Waals surface area contributed by atoms with Crippen molar-refractivity contribution in [1.82, 2.24) is 0 Å². The van der Waals surface area contributed by atoms with E-state index in [4.69, 9.17) is 0 Å². The van der Waals surface area contributed by atoms with Gasteiger partial charge in [-0.3, -0.25) is 9.59 Å². The highest BCUT2D eigenvalue weighted by Gasteiger charge is 2.47. The van der Waals surface area contributed by atoms with E-state index in [-0.39, 0.29) is 12.8 Å². The Balaban J connectivity index is 4.54. The number of halogens is 2. The largest absolute Gasteiger partial charge is 0.451 e. The van der Waals surface area contributed by atoms with Crippen LogP contribution in [0.1, 0.15) is 58.8 Å². The second-order valence-corrected chi connectivity index (χ2v) is 4.75. The van der Waals surface area contributed by atoms with E-state index in [9.17, 15) is 18.4 Å². The minimum atomic E-state index is -3.70. The van der Waals surface area contributed by atoms with Gasteiger partial charge in [0.2, 0.25) is 5.78 Å². The van der Waals surface area contributed by atoms with Crippen molar-refractivity contribution in [3.05, 3.63) is 12.7 Å². The Morgan fingerprint density at radius 1 is 1.15 bits per heavy atom. The molecular weight excluding hydrogens is 266 g/mol. The van der Waals surface area contributed by atoms with Crippen LogP contribution >= 0.6 is 0 Å². The van der Waals surface area contributed by atoms with Crippen molar-refractivity contribution in [1.29, 1.82) is 0 Å². The van der Waals surface area contributed by atoms with Crippen LogP contribution in [0.3, 0.4) is 0 Å². The van der Waals surface area contributed by atoms with Gasteiger partial charge in [-0.1, -0.05) is 39.7 Å². The summed E-state index contributed by atoms with van der Waals surface area (Å²) in [6, 6.07) is 0. The Kier molecular flexibility index (Phi) is 9.01. The van der Waals surface area contributed by atoms with Crippen molar-refractivity contribution in [2.45, 2.75) is 70.8 Å². The van der Waals surface area contributed by atoms with Crippen LogP contribution in [-0.4, -0.2) is 23.8 Å². The van der Waals surface area contributed by atoms with E-state index in [2.05, 4.69) is 11.3 Å². The normalized spacial score (nSPS) is 12.8. The molecule has 3 nitrogen and oxygen atoms in total. The number of hydrogen-bond donors (Lipinski definition) is 0. The summed E-state index contributed by atoms with van der Waals surface area (Å²) in [4.78, 5) is 22.9. The van der Waals surface area contributed by atoms with Crippen molar-refractivity contribution >= 4 is 11.8 Å². The highest BCUT2D eigenvalue weighted by molar-refractivity contribution is 5.87. The fourth-order valence-electron chi connectivity index (χ4n) is 1.65. The first-order valence-electron chi connectivity index (χ1n) is 7.13. The maximum atomic E-state index is 13.9. The molecule has 0 aliphatic carbocycles. The Labute approximate surface area is 119 Å². The quantitative estimate of drug-likeness (QED) is 0.327. The van der Waals surface area contributed by atoms with Crippen LogP contribution in [0.25, 0.3) is 0 Å². The highest BCUT2D eigenvalue weighted by Crippen LogP contribution is 2.26. The van der Waals surface area contributed by atoms with Crippen molar-refractivity contribution < 1.29 is 23.1 Å². The summed E-state index contributed by atoms with van der Waals surface area (Å²) in [5.41, 5.74) is 0. The fourth-order valence-corrected chi connectivity index (χ4v) is 1.65. The number of alkyl halides is 2. The smallest absolute Gasteiger partial charge is 0.344 e. The van der Waals surface area contributed by atoms with E-state index in [0.717, 1.165) is 25.3 Å². The number of Topliss-reactive ketones (excluding diaryl/α,β-unsaturated/α-hetero) is 1. The first-order valence-corrected chi connectivity index (χ1v) is 7.13. The minimum Gasteiger partial charge on any atom is -0.451 e. The predicted molar refractivity (Wildman–Crippen MR) is 73.7 cm³/mol. The molecule has 0 aromatic heterocycles. The number of rotatable bonds is 11. The summed E-state index contributed by atoms with van der Waals surface area (Å²) in [7, 11) is 0. The molecule has 1 atom stereocenters. The molecule has 1 unspecified atom stereocenters.